The zero-order valence-corrected chi connectivity index (χ0v) is 10.1. The minimum absolute atomic E-state index is 0.0974. The number of nitrogen functional groups attached to an aromatic ring is 1. The summed E-state index contributed by atoms with van der Waals surface area (Å²) in [5.41, 5.74) is 6.08. The first kappa shape index (κ1) is 13.3. The van der Waals surface area contributed by atoms with E-state index in [1.54, 1.807) is 20.0 Å². The molecule has 1 unspecified atom stereocenters. The molecule has 5 heteroatoms. The molecule has 5 nitrogen and oxygen atoms in total. The number of rotatable bonds is 4. The van der Waals surface area contributed by atoms with Crippen LogP contribution in [0.4, 0.5) is 5.69 Å². The molecule has 0 fully saturated rings. The third-order valence-electron chi connectivity index (χ3n) is 2.51. The molecule has 0 bridgehead atoms. The van der Waals surface area contributed by atoms with Gasteiger partial charge in [0.05, 0.1) is 11.8 Å². The Morgan fingerprint density at radius 1 is 1.53 bits per heavy atom. The smallest absolute Gasteiger partial charge is 0.253 e. The van der Waals surface area contributed by atoms with Crippen molar-refractivity contribution in [2.24, 2.45) is 0 Å². The first-order chi connectivity index (χ1) is 7.91. The molecule has 1 aromatic carbocycles. The maximum Gasteiger partial charge on any atom is 0.253 e. The van der Waals surface area contributed by atoms with Gasteiger partial charge in [-0.2, -0.15) is 0 Å². The Morgan fingerprint density at radius 2 is 2.18 bits per heavy atom. The van der Waals surface area contributed by atoms with Crippen molar-refractivity contribution in [1.29, 1.82) is 0 Å². The van der Waals surface area contributed by atoms with Gasteiger partial charge in [0.25, 0.3) is 5.91 Å². The molecule has 94 valence electrons. The first-order valence-electron chi connectivity index (χ1n) is 5.44. The fourth-order valence-electron chi connectivity index (χ4n) is 1.38. The van der Waals surface area contributed by atoms with Gasteiger partial charge in [-0.05, 0) is 31.5 Å². The second-order valence-corrected chi connectivity index (χ2v) is 4.14. The number of nitrogens with zero attached hydrogens (tertiary/aromatic N) is 1. The van der Waals surface area contributed by atoms with Crippen LogP contribution in [0.2, 0.25) is 0 Å². The molecule has 1 aromatic rings. The fraction of sp³-hybridized carbons (Fsp3) is 0.417. The number of hydrogen-bond acceptors (Lipinski definition) is 4. The number of phenols is 1. The molecule has 0 radical (unpaired) electrons. The lowest BCUT2D eigenvalue weighted by molar-refractivity contribution is 0.0768. The molecular formula is C12H18N2O3. The number of amides is 1. The van der Waals surface area contributed by atoms with Crippen molar-refractivity contribution >= 4 is 11.6 Å². The van der Waals surface area contributed by atoms with Crippen LogP contribution in [0.5, 0.6) is 5.75 Å². The standard InChI is InChI=1S/C12H18N2O3/c1-8(15)5-6-14(2)12(17)9-3-4-10(13)11(16)7-9/h3-4,7-8,15-16H,5-6,13H2,1-2H3. The van der Waals surface area contributed by atoms with Gasteiger partial charge in [-0.3, -0.25) is 4.79 Å². The van der Waals surface area contributed by atoms with E-state index in [0.717, 1.165) is 0 Å². The average Bonchev–Trinajstić information content (AvgIpc) is 2.28. The predicted molar refractivity (Wildman–Crippen MR) is 65.8 cm³/mol. The highest BCUT2D eigenvalue weighted by atomic mass is 16.3. The topological polar surface area (TPSA) is 86.8 Å². The number of hydrogen-bond donors (Lipinski definition) is 3. The van der Waals surface area contributed by atoms with Gasteiger partial charge in [0.15, 0.2) is 0 Å². The lowest BCUT2D eigenvalue weighted by Gasteiger charge is -2.18. The largest absolute Gasteiger partial charge is 0.506 e. The maximum absolute atomic E-state index is 11.9. The molecular weight excluding hydrogens is 220 g/mol. The summed E-state index contributed by atoms with van der Waals surface area (Å²) in [6.45, 7) is 2.13. The van der Waals surface area contributed by atoms with Gasteiger partial charge < -0.3 is 20.8 Å². The van der Waals surface area contributed by atoms with Crippen LogP contribution in [0.25, 0.3) is 0 Å². The normalized spacial score (nSPS) is 12.2. The Bertz CT molecular complexity index is 405. The van der Waals surface area contributed by atoms with Gasteiger partial charge in [-0.15, -0.1) is 0 Å². The highest BCUT2D eigenvalue weighted by Gasteiger charge is 2.13. The van der Waals surface area contributed by atoms with E-state index in [2.05, 4.69) is 0 Å². The van der Waals surface area contributed by atoms with Crippen LogP contribution in [0.1, 0.15) is 23.7 Å². The summed E-state index contributed by atoms with van der Waals surface area (Å²) in [4.78, 5) is 13.4. The third-order valence-corrected chi connectivity index (χ3v) is 2.51. The maximum atomic E-state index is 11.9. The summed E-state index contributed by atoms with van der Waals surface area (Å²) in [5.74, 6) is -0.305. The molecule has 0 saturated carbocycles. The van der Waals surface area contributed by atoms with Crippen LogP contribution >= 0.6 is 0 Å². The Hall–Kier alpha value is -1.75. The van der Waals surface area contributed by atoms with Crippen LogP contribution in [0.15, 0.2) is 18.2 Å². The van der Waals surface area contributed by atoms with Gasteiger partial charge >= 0.3 is 0 Å². The van der Waals surface area contributed by atoms with E-state index in [1.807, 2.05) is 0 Å². The van der Waals surface area contributed by atoms with E-state index in [1.165, 1.54) is 17.0 Å². The fourth-order valence-corrected chi connectivity index (χ4v) is 1.38. The van der Waals surface area contributed by atoms with E-state index in [4.69, 9.17) is 10.8 Å². The highest BCUT2D eigenvalue weighted by Crippen LogP contribution is 2.21. The molecule has 0 heterocycles. The monoisotopic (exact) mass is 238 g/mol. The molecule has 0 saturated heterocycles. The quantitative estimate of drug-likeness (QED) is 0.535. The van der Waals surface area contributed by atoms with Crippen LogP contribution in [0.3, 0.4) is 0 Å². The second kappa shape index (κ2) is 5.54. The Balaban J connectivity index is 2.71. The number of anilines is 1. The van der Waals surface area contributed by atoms with Gasteiger partial charge in [0, 0.05) is 19.2 Å². The van der Waals surface area contributed by atoms with Gasteiger partial charge in [-0.1, -0.05) is 0 Å². The lowest BCUT2D eigenvalue weighted by atomic mass is 10.1. The number of carbonyl (C=O) groups is 1. The van der Waals surface area contributed by atoms with E-state index in [0.29, 0.717) is 18.5 Å². The molecule has 1 rings (SSSR count). The molecule has 0 aliphatic heterocycles. The summed E-state index contributed by atoms with van der Waals surface area (Å²) < 4.78 is 0. The number of carbonyl (C=O) groups excluding carboxylic acids is 1. The zero-order valence-electron chi connectivity index (χ0n) is 10.1. The summed E-state index contributed by atoms with van der Waals surface area (Å²) in [7, 11) is 1.65. The van der Waals surface area contributed by atoms with Crippen molar-refractivity contribution in [3.8, 4) is 5.75 Å². The van der Waals surface area contributed by atoms with Crippen molar-refractivity contribution in [2.75, 3.05) is 19.3 Å². The van der Waals surface area contributed by atoms with E-state index >= 15 is 0 Å². The van der Waals surface area contributed by atoms with Crippen LogP contribution in [-0.2, 0) is 0 Å². The minimum atomic E-state index is -0.440. The van der Waals surface area contributed by atoms with Crippen molar-refractivity contribution < 1.29 is 15.0 Å². The molecule has 1 amide bonds. The average molecular weight is 238 g/mol. The van der Waals surface area contributed by atoms with Crippen molar-refractivity contribution in [3.63, 3.8) is 0 Å². The van der Waals surface area contributed by atoms with Crippen LogP contribution in [-0.4, -0.2) is 40.7 Å². The zero-order chi connectivity index (χ0) is 13.0. The molecule has 1 atom stereocenters. The molecule has 0 aliphatic rings. The van der Waals surface area contributed by atoms with Crippen LogP contribution < -0.4 is 5.73 Å². The molecule has 17 heavy (non-hydrogen) atoms. The number of phenolic OH excluding ortho intramolecular Hbond substituents is 1. The van der Waals surface area contributed by atoms with Gasteiger partial charge in [0.1, 0.15) is 5.75 Å². The van der Waals surface area contributed by atoms with Crippen LogP contribution in [0, 0.1) is 0 Å². The summed E-state index contributed by atoms with van der Waals surface area (Å²) in [6, 6.07) is 4.40. The number of aliphatic hydroxyl groups is 1. The van der Waals surface area contributed by atoms with Gasteiger partial charge in [-0.25, -0.2) is 0 Å². The molecule has 0 spiro atoms. The number of benzene rings is 1. The Labute approximate surface area is 100 Å². The number of aliphatic hydroxyl groups excluding tert-OH is 1. The third kappa shape index (κ3) is 3.64. The predicted octanol–water partition coefficient (Wildman–Crippen LogP) is 0.817. The van der Waals surface area contributed by atoms with Crippen molar-refractivity contribution in [3.05, 3.63) is 23.8 Å². The van der Waals surface area contributed by atoms with Crippen molar-refractivity contribution in [1.82, 2.24) is 4.90 Å². The van der Waals surface area contributed by atoms with E-state index in [9.17, 15) is 9.90 Å². The Morgan fingerprint density at radius 3 is 2.71 bits per heavy atom. The lowest BCUT2D eigenvalue weighted by Crippen LogP contribution is -2.29. The highest BCUT2D eigenvalue weighted by molar-refractivity contribution is 5.95. The van der Waals surface area contributed by atoms with E-state index < -0.39 is 6.10 Å². The Kier molecular flexibility index (Phi) is 4.34. The second-order valence-electron chi connectivity index (χ2n) is 4.14. The molecule has 0 aromatic heterocycles. The summed E-state index contributed by atoms with van der Waals surface area (Å²) >= 11 is 0. The minimum Gasteiger partial charge on any atom is -0.506 e. The number of nitrogens with two attached hydrogens (primary N) is 1. The summed E-state index contributed by atoms with van der Waals surface area (Å²) in [6.07, 6.45) is 0.0773. The van der Waals surface area contributed by atoms with Crippen molar-refractivity contribution in [2.45, 2.75) is 19.4 Å². The van der Waals surface area contributed by atoms with Gasteiger partial charge in [0.2, 0.25) is 0 Å². The SMILES string of the molecule is CC(O)CCN(C)C(=O)c1ccc(N)c(O)c1. The number of aromatic hydroxyl groups is 1. The molecule has 4 N–H and O–H groups in total. The first-order valence-corrected chi connectivity index (χ1v) is 5.44. The molecule has 0 aliphatic carbocycles. The summed E-state index contributed by atoms with van der Waals surface area (Å²) in [5, 5.41) is 18.6. The van der Waals surface area contributed by atoms with E-state index in [-0.39, 0.29) is 17.3 Å².